The van der Waals surface area contributed by atoms with Crippen LogP contribution in [-0.4, -0.2) is 140 Å². The highest BCUT2D eigenvalue weighted by atomic mass is 16.7. The smallest absolute Gasteiger partial charge is 0.220 e. The third-order valence-corrected chi connectivity index (χ3v) is 13.1. The highest BCUT2D eigenvalue weighted by Crippen LogP contribution is 2.30. The number of hydrogen-bond acceptors (Lipinski definition) is 13. The zero-order chi connectivity index (χ0) is 48.9. The van der Waals surface area contributed by atoms with Crippen molar-refractivity contribution < 1.29 is 64.6 Å². The summed E-state index contributed by atoms with van der Waals surface area (Å²) in [6.45, 7) is 2.76. The van der Waals surface area contributed by atoms with Crippen molar-refractivity contribution in [1.82, 2.24) is 5.32 Å². The first-order chi connectivity index (χ1) is 32.6. The summed E-state index contributed by atoms with van der Waals surface area (Å²) >= 11 is 0. The van der Waals surface area contributed by atoms with Crippen LogP contribution < -0.4 is 5.32 Å². The molecule has 2 heterocycles. The standard InChI is InChI=1S/C53H97NO13/c1-3-5-7-9-11-13-15-17-19-20-21-23-24-26-28-30-32-34-36-42(57)41(54-45(58)37-35-33-31-29-27-25-22-18-16-14-12-10-8-6-4-2)40-64-52-50(63)48(61)51(44(39-56)66-52)67-53-49(62)47(60)46(59)43(38-55)65-53/h20-21,26,28,34,36,41-44,46-53,55-57,59-63H,3-19,22-25,27,29-33,35,37-40H2,1-2H3,(H,54,58)/b21-20+,28-26+,36-34+. The molecule has 9 N–H and O–H groups in total. The zero-order valence-corrected chi connectivity index (χ0v) is 41.6. The molecule has 2 aliphatic heterocycles. The largest absolute Gasteiger partial charge is 0.394 e. The Hall–Kier alpha value is -1.79. The molecule has 0 bridgehead atoms. The first-order valence-electron chi connectivity index (χ1n) is 26.7. The second-order valence-electron chi connectivity index (χ2n) is 19.0. The number of aliphatic hydroxyl groups is 8. The van der Waals surface area contributed by atoms with Gasteiger partial charge in [0.2, 0.25) is 5.91 Å². The Bertz CT molecular complexity index is 1270. The van der Waals surface area contributed by atoms with E-state index in [1.807, 2.05) is 6.08 Å². The van der Waals surface area contributed by atoms with Crippen LogP contribution in [0.15, 0.2) is 36.5 Å². The maximum atomic E-state index is 13.2. The van der Waals surface area contributed by atoms with Crippen LogP contribution >= 0.6 is 0 Å². The number of carbonyl (C=O) groups is 1. The number of unbranched alkanes of at least 4 members (excludes halogenated alkanes) is 24. The van der Waals surface area contributed by atoms with Crippen LogP contribution in [-0.2, 0) is 23.7 Å². The molecule has 0 saturated carbocycles. The van der Waals surface area contributed by atoms with Gasteiger partial charge in [-0.15, -0.1) is 0 Å². The number of hydrogen-bond donors (Lipinski definition) is 9. The van der Waals surface area contributed by atoms with E-state index in [-0.39, 0.29) is 18.9 Å². The van der Waals surface area contributed by atoms with Crippen LogP contribution in [0, 0.1) is 0 Å². The van der Waals surface area contributed by atoms with E-state index in [1.54, 1.807) is 6.08 Å². The highest BCUT2D eigenvalue weighted by Gasteiger charge is 2.51. The maximum absolute atomic E-state index is 13.2. The molecular formula is C53H97NO13. The molecule has 0 aliphatic carbocycles. The predicted molar refractivity (Wildman–Crippen MR) is 263 cm³/mol. The first kappa shape index (κ1) is 61.3. The number of allylic oxidation sites excluding steroid dienone is 5. The lowest BCUT2D eigenvalue weighted by Crippen LogP contribution is -2.65. The van der Waals surface area contributed by atoms with Crippen molar-refractivity contribution in [3.63, 3.8) is 0 Å². The number of ether oxygens (including phenoxy) is 4. The van der Waals surface area contributed by atoms with Crippen molar-refractivity contribution in [1.29, 1.82) is 0 Å². The van der Waals surface area contributed by atoms with Crippen molar-refractivity contribution in [3.05, 3.63) is 36.5 Å². The molecule has 0 radical (unpaired) electrons. The van der Waals surface area contributed by atoms with Gasteiger partial charge in [0.05, 0.1) is 32.0 Å². The topological polar surface area (TPSA) is 228 Å². The highest BCUT2D eigenvalue weighted by molar-refractivity contribution is 5.76. The average Bonchev–Trinajstić information content (AvgIpc) is 3.32. The third kappa shape index (κ3) is 26.8. The van der Waals surface area contributed by atoms with E-state index >= 15 is 0 Å². The van der Waals surface area contributed by atoms with Gasteiger partial charge in [-0.3, -0.25) is 4.79 Å². The molecule has 392 valence electrons. The molecule has 12 unspecified atom stereocenters. The third-order valence-electron chi connectivity index (χ3n) is 13.1. The average molecular weight is 956 g/mol. The van der Waals surface area contributed by atoms with E-state index in [0.717, 1.165) is 44.9 Å². The van der Waals surface area contributed by atoms with Crippen LogP contribution in [0.1, 0.15) is 200 Å². The van der Waals surface area contributed by atoms with Gasteiger partial charge >= 0.3 is 0 Å². The molecule has 2 rings (SSSR count). The fraction of sp³-hybridized carbons (Fsp3) is 0.868. The summed E-state index contributed by atoms with van der Waals surface area (Å²) in [6, 6.07) is -0.933. The summed E-state index contributed by atoms with van der Waals surface area (Å²) in [7, 11) is 0. The van der Waals surface area contributed by atoms with Crippen LogP contribution in [0.3, 0.4) is 0 Å². The minimum Gasteiger partial charge on any atom is -0.394 e. The molecular weight excluding hydrogens is 859 g/mol. The van der Waals surface area contributed by atoms with Crippen LogP contribution in [0.25, 0.3) is 0 Å². The molecule has 1 amide bonds. The Morgan fingerprint density at radius 1 is 0.522 bits per heavy atom. The van der Waals surface area contributed by atoms with Gasteiger partial charge in [0.15, 0.2) is 12.6 Å². The van der Waals surface area contributed by atoms with Crippen LogP contribution in [0.4, 0.5) is 0 Å². The number of nitrogens with one attached hydrogen (secondary N) is 1. The summed E-state index contributed by atoms with van der Waals surface area (Å²) in [5.41, 5.74) is 0. The molecule has 0 aromatic rings. The second-order valence-corrected chi connectivity index (χ2v) is 19.0. The van der Waals surface area contributed by atoms with E-state index in [9.17, 15) is 45.6 Å². The van der Waals surface area contributed by atoms with Gasteiger partial charge in [-0.05, 0) is 44.9 Å². The van der Waals surface area contributed by atoms with Gasteiger partial charge < -0.3 is 65.1 Å². The molecule has 2 aliphatic rings. The molecule has 0 aromatic heterocycles. The van der Waals surface area contributed by atoms with E-state index in [0.29, 0.717) is 12.8 Å². The molecule has 0 aromatic carbocycles. The van der Waals surface area contributed by atoms with Crippen LogP contribution in [0.2, 0.25) is 0 Å². The van der Waals surface area contributed by atoms with Crippen molar-refractivity contribution in [3.8, 4) is 0 Å². The molecule has 14 nitrogen and oxygen atoms in total. The Morgan fingerprint density at radius 3 is 1.46 bits per heavy atom. The zero-order valence-electron chi connectivity index (χ0n) is 41.6. The summed E-state index contributed by atoms with van der Waals surface area (Å²) in [4.78, 5) is 13.2. The molecule has 14 heteroatoms. The first-order valence-corrected chi connectivity index (χ1v) is 26.7. The summed E-state index contributed by atoms with van der Waals surface area (Å²) in [5, 5.41) is 86.8. The van der Waals surface area contributed by atoms with Gasteiger partial charge in [-0.1, -0.05) is 185 Å². The Labute approximate surface area is 404 Å². The Balaban J connectivity index is 1.86. The van der Waals surface area contributed by atoms with Gasteiger partial charge in [-0.25, -0.2) is 0 Å². The normalized spacial score (nSPS) is 26.8. The van der Waals surface area contributed by atoms with E-state index in [1.165, 1.54) is 122 Å². The summed E-state index contributed by atoms with van der Waals surface area (Å²) in [5.74, 6) is -0.253. The maximum Gasteiger partial charge on any atom is 0.220 e. The molecule has 0 spiro atoms. The minimum atomic E-state index is -1.79. The van der Waals surface area contributed by atoms with Crippen LogP contribution in [0.5, 0.6) is 0 Å². The van der Waals surface area contributed by atoms with Crippen molar-refractivity contribution in [2.75, 3.05) is 19.8 Å². The van der Waals surface area contributed by atoms with Crippen molar-refractivity contribution in [2.45, 2.75) is 274 Å². The lowest BCUT2D eigenvalue weighted by Gasteiger charge is -2.46. The molecule has 67 heavy (non-hydrogen) atoms. The van der Waals surface area contributed by atoms with Gasteiger partial charge in [-0.2, -0.15) is 0 Å². The monoisotopic (exact) mass is 956 g/mol. The fourth-order valence-corrected chi connectivity index (χ4v) is 8.68. The quantitative estimate of drug-likeness (QED) is 0.0214. The summed E-state index contributed by atoms with van der Waals surface area (Å²) < 4.78 is 22.7. The van der Waals surface area contributed by atoms with E-state index in [2.05, 4.69) is 43.5 Å². The molecule has 2 saturated heterocycles. The Kier molecular flexibility index (Phi) is 36.5. The van der Waals surface area contributed by atoms with Gasteiger partial charge in [0, 0.05) is 6.42 Å². The van der Waals surface area contributed by atoms with Crippen molar-refractivity contribution >= 4 is 5.91 Å². The Morgan fingerprint density at radius 2 is 0.955 bits per heavy atom. The minimum absolute atomic E-state index is 0.253. The lowest BCUT2D eigenvalue weighted by molar-refractivity contribution is -0.359. The summed E-state index contributed by atoms with van der Waals surface area (Å²) in [6.07, 6.45) is 28.9. The number of amides is 1. The second kappa shape index (κ2) is 39.9. The number of rotatable bonds is 41. The van der Waals surface area contributed by atoms with Crippen molar-refractivity contribution in [2.24, 2.45) is 0 Å². The fourth-order valence-electron chi connectivity index (χ4n) is 8.68. The molecule has 2 fully saturated rings. The predicted octanol–water partition coefficient (Wildman–Crippen LogP) is 7.49. The number of carbonyl (C=O) groups excluding carboxylic acids is 1. The van der Waals surface area contributed by atoms with Gasteiger partial charge in [0.25, 0.3) is 0 Å². The van der Waals surface area contributed by atoms with E-state index in [4.69, 9.17) is 18.9 Å². The lowest BCUT2D eigenvalue weighted by atomic mass is 9.97. The molecule has 12 atom stereocenters. The number of aliphatic hydroxyl groups excluding tert-OH is 8. The van der Waals surface area contributed by atoms with Gasteiger partial charge in [0.1, 0.15) is 48.8 Å². The van der Waals surface area contributed by atoms with E-state index < -0.39 is 86.8 Å². The SMILES string of the molecule is CCCCCCCCCC/C=C/CC/C=C/CC/C=C/C(O)C(COC1OC(CO)C(OC2OC(CO)C(O)C(O)C2O)C(O)C1O)NC(=O)CCCCCCCCCCCCCCCCC.